The molecule has 11 nitrogen and oxygen atoms in total. The van der Waals surface area contributed by atoms with Crippen LogP contribution in [0.15, 0.2) is 41.2 Å². The summed E-state index contributed by atoms with van der Waals surface area (Å²) < 4.78 is 0. The lowest BCUT2D eigenvalue weighted by Crippen LogP contribution is -2.42. The van der Waals surface area contributed by atoms with E-state index in [4.69, 9.17) is 20.4 Å². The van der Waals surface area contributed by atoms with Gasteiger partial charge in [0, 0.05) is 30.1 Å². The van der Waals surface area contributed by atoms with Crippen molar-refractivity contribution in [1.82, 2.24) is 15.1 Å². The summed E-state index contributed by atoms with van der Waals surface area (Å²) in [5.74, 6) is -5.02. The maximum absolute atomic E-state index is 10.3. The molecular weight excluding hydrogens is 486 g/mol. The fourth-order valence-electron chi connectivity index (χ4n) is 3.00. The molecule has 0 aliphatic rings. The highest BCUT2D eigenvalue weighted by atomic mass is 32.1. The Morgan fingerprint density at radius 2 is 1.65 bits per heavy atom. The molecule has 6 N–H and O–H groups in total. The van der Waals surface area contributed by atoms with Crippen molar-refractivity contribution in [2.75, 3.05) is 13.2 Å². The van der Waals surface area contributed by atoms with E-state index in [1.165, 1.54) is 15.3 Å². The first kappa shape index (κ1) is 27.1. The Morgan fingerprint density at radius 3 is 2.15 bits per heavy atom. The lowest BCUT2D eigenvalue weighted by atomic mass is 9.96. The SMILES string of the molecule is O=C(O)CC(O)(CC(=O)O)C(=O)O.OCCN(Cc1cccs1)Cc1cn[nH]c1-c1cccs1. The van der Waals surface area contributed by atoms with Crippen LogP contribution >= 0.6 is 22.7 Å². The third-order valence-electron chi connectivity index (χ3n) is 4.54. The smallest absolute Gasteiger partial charge is 0.336 e. The van der Waals surface area contributed by atoms with Crippen LogP contribution in [0.25, 0.3) is 10.6 Å². The van der Waals surface area contributed by atoms with Gasteiger partial charge >= 0.3 is 17.9 Å². The number of aliphatic hydroxyl groups is 2. The number of hydrogen-bond donors (Lipinski definition) is 6. The summed E-state index contributed by atoms with van der Waals surface area (Å²) in [7, 11) is 0. The van der Waals surface area contributed by atoms with Crippen LogP contribution in [0.1, 0.15) is 23.3 Å². The zero-order valence-electron chi connectivity index (χ0n) is 18.0. The number of aliphatic hydroxyl groups excluding tert-OH is 1. The Balaban J connectivity index is 0.000000273. The van der Waals surface area contributed by atoms with E-state index in [-0.39, 0.29) is 6.61 Å². The number of carboxylic acid groups (broad SMARTS) is 3. The van der Waals surface area contributed by atoms with Gasteiger partial charge in [0.15, 0.2) is 5.60 Å². The molecule has 0 bridgehead atoms. The van der Waals surface area contributed by atoms with E-state index < -0.39 is 36.4 Å². The average molecular weight is 512 g/mol. The third kappa shape index (κ3) is 8.35. The second kappa shape index (κ2) is 13.0. The maximum Gasteiger partial charge on any atom is 0.336 e. The highest BCUT2D eigenvalue weighted by Crippen LogP contribution is 2.27. The maximum atomic E-state index is 10.3. The summed E-state index contributed by atoms with van der Waals surface area (Å²) in [6.07, 6.45) is -0.406. The van der Waals surface area contributed by atoms with E-state index in [1.807, 2.05) is 12.3 Å². The number of aromatic amines is 1. The number of H-pyrrole nitrogens is 1. The molecular formula is C21H25N3O8S2. The van der Waals surface area contributed by atoms with Crippen LogP contribution in [0.2, 0.25) is 0 Å². The van der Waals surface area contributed by atoms with Crippen LogP contribution in [0.5, 0.6) is 0 Å². The van der Waals surface area contributed by atoms with E-state index in [9.17, 15) is 19.5 Å². The highest BCUT2D eigenvalue weighted by Gasteiger charge is 2.40. The first-order valence-corrected chi connectivity index (χ1v) is 11.7. The number of carboxylic acids is 3. The van der Waals surface area contributed by atoms with Crippen molar-refractivity contribution in [1.29, 1.82) is 0 Å². The van der Waals surface area contributed by atoms with E-state index in [0.29, 0.717) is 6.54 Å². The van der Waals surface area contributed by atoms with Gasteiger partial charge in [0.25, 0.3) is 0 Å². The molecule has 184 valence electrons. The number of nitrogens with one attached hydrogen (secondary N) is 1. The number of nitrogens with zero attached hydrogens (tertiary/aromatic N) is 2. The third-order valence-corrected chi connectivity index (χ3v) is 6.29. The van der Waals surface area contributed by atoms with E-state index in [1.54, 1.807) is 22.7 Å². The predicted octanol–water partition coefficient (Wildman–Crippen LogP) is 1.95. The molecule has 0 aromatic carbocycles. The number of rotatable bonds is 12. The van der Waals surface area contributed by atoms with Crippen molar-refractivity contribution < 1.29 is 39.9 Å². The Labute approximate surface area is 202 Å². The van der Waals surface area contributed by atoms with Gasteiger partial charge in [-0.3, -0.25) is 19.6 Å². The molecule has 3 heterocycles. The molecule has 0 radical (unpaired) electrons. The van der Waals surface area contributed by atoms with E-state index in [2.05, 4.69) is 44.1 Å². The molecule has 0 unspecified atom stereocenters. The summed E-state index contributed by atoms with van der Waals surface area (Å²) in [6, 6.07) is 8.33. The summed E-state index contributed by atoms with van der Waals surface area (Å²) in [6.45, 7) is 2.46. The van der Waals surface area contributed by atoms with Crippen molar-refractivity contribution in [2.45, 2.75) is 31.5 Å². The molecule has 0 saturated heterocycles. The highest BCUT2D eigenvalue weighted by molar-refractivity contribution is 7.13. The molecule has 3 aromatic rings. The van der Waals surface area contributed by atoms with Gasteiger partial charge in [-0.2, -0.15) is 5.10 Å². The van der Waals surface area contributed by atoms with Crippen molar-refractivity contribution in [3.63, 3.8) is 0 Å². The standard InChI is InChI=1S/C15H17N3OS2.C6H8O7/c19-6-5-18(11-13-3-1-7-20-13)10-12-9-16-17-15(12)14-4-2-8-21-14;7-3(8)1-6(13,5(11)12)2-4(9)10/h1-4,7-9,19H,5-6,10-11H2,(H,16,17);13H,1-2H2,(H,7,8)(H,9,10)(H,11,12). The van der Waals surface area contributed by atoms with Crippen molar-refractivity contribution in [2.24, 2.45) is 0 Å². The van der Waals surface area contributed by atoms with Crippen LogP contribution in [0, 0.1) is 0 Å². The number of hydrogen-bond acceptors (Lipinski definition) is 9. The number of aromatic nitrogens is 2. The van der Waals surface area contributed by atoms with Gasteiger partial charge in [0.05, 0.1) is 36.2 Å². The van der Waals surface area contributed by atoms with Crippen LogP contribution in [-0.4, -0.2) is 77.3 Å². The molecule has 0 aliphatic heterocycles. The number of aliphatic carboxylic acids is 3. The minimum Gasteiger partial charge on any atom is -0.481 e. The lowest BCUT2D eigenvalue weighted by molar-refractivity contribution is -0.170. The molecule has 3 rings (SSSR count). The normalized spacial score (nSPS) is 11.1. The van der Waals surface area contributed by atoms with Gasteiger partial charge in [-0.25, -0.2) is 4.79 Å². The van der Waals surface area contributed by atoms with Gasteiger partial charge in [-0.1, -0.05) is 12.1 Å². The fourth-order valence-corrected chi connectivity index (χ4v) is 4.50. The topological polar surface area (TPSA) is 184 Å². The minimum absolute atomic E-state index is 0.164. The second-order valence-electron chi connectivity index (χ2n) is 7.24. The van der Waals surface area contributed by atoms with Crippen LogP contribution in [-0.2, 0) is 27.5 Å². The Bertz CT molecular complexity index is 1030. The molecule has 0 saturated carbocycles. The molecule has 0 amide bonds. The minimum atomic E-state index is -2.74. The fraction of sp³-hybridized carbons (Fsp3) is 0.333. The average Bonchev–Trinajstić information content (AvgIpc) is 3.50. The first-order valence-electron chi connectivity index (χ1n) is 9.95. The molecule has 13 heteroatoms. The Hall–Kier alpha value is -3.10. The zero-order chi connectivity index (χ0) is 25.1. The molecule has 34 heavy (non-hydrogen) atoms. The summed E-state index contributed by atoms with van der Waals surface area (Å²) in [5.41, 5.74) is -0.487. The summed E-state index contributed by atoms with van der Waals surface area (Å²) in [5, 5.41) is 54.5. The van der Waals surface area contributed by atoms with Gasteiger partial charge < -0.3 is 25.5 Å². The molecule has 0 aliphatic carbocycles. The second-order valence-corrected chi connectivity index (χ2v) is 9.22. The predicted molar refractivity (Wildman–Crippen MR) is 125 cm³/mol. The lowest BCUT2D eigenvalue weighted by Gasteiger charge is -2.20. The van der Waals surface area contributed by atoms with Gasteiger partial charge in [-0.05, 0) is 22.9 Å². The van der Waals surface area contributed by atoms with Crippen LogP contribution < -0.4 is 0 Å². The van der Waals surface area contributed by atoms with Gasteiger partial charge in [0.2, 0.25) is 0 Å². The van der Waals surface area contributed by atoms with Crippen molar-refractivity contribution in [3.05, 3.63) is 51.7 Å². The Kier molecular flexibility index (Phi) is 10.3. The zero-order valence-corrected chi connectivity index (χ0v) is 19.6. The van der Waals surface area contributed by atoms with Gasteiger partial charge in [-0.15, -0.1) is 22.7 Å². The van der Waals surface area contributed by atoms with Crippen LogP contribution in [0.4, 0.5) is 0 Å². The summed E-state index contributed by atoms with van der Waals surface area (Å²) in [4.78, 5) is 35.2. The number of carbonyl (C=O) groups is 3. The largest absolute Gasteiger partial charge is 0.481 e. The van der Waals surface area contributed by atoms with E-state index in [0.717, 1.165) is 18.8 Å². The van der Waals surface area contributed by atoms with Crippen molar-refractivity contribution >= 4 is 40.6 Å². The monoisotopic (exact) mass is 511 g/mol. The molecule has 0 atom stereocenters. The molecule has 3 aromatic heterocycles. The first-order chi connectivity index (χ1) is 16.1. The number of thiophene rings is 2. The Morgan fingerprint density at radius 1 is 1.00 bits per heavy atom. The molecule has 0 spiro atoms. The van der Waals surface area contributed by atoms with Crippen molar-refractivity contribution in [3.8, 4) is 10.6 Å². The van der Waals surface area contributed by atoms with E-state index >= 15 is 0 Å². The molecule has 0 fully saturated rings. The quantitative estimate of drug-likeness (QED) is 0.210. The summed E-state index contributed by atoms with van der Waals surface area (Å²) >= 11 is 3.45. The van der Waals surface area contributed by atoms with Gasteiger partial charge in [0.1, 0.15) is 0 Å². The van der Waals surface area contributed by atoms with Crippen LogP contribution in [0.3, 0.4) is 0 Å².